The van der Waals surface area contributed by atoms with E-state index in [0.717, 1.165) is 16.3 Å². The molecule has 2 rings (SSSR count). The van der Waals surface area contributed by atoms with Crippen LogP contribution in [0.1, 0.15) is 11.3 Å². The molecule has 2 aromatic rings. The van der Waals surface area contributed by atoms with Crippen LogP contribution in [-0.4, -0.2) is 43.2 Å². The molecule has 6 heteroatoms. The highest BCUT2D eigenvalue weighted by Gasteiger charge is 2.09. The lowest BCUT2D eigenvalue weighted by atomic mass is 10.1. The molecule has 1 aromatic carbocycles. The van der Waals surface area contributed by atoms with E-state index in [4.69, 9.17) is 4.74 Å². The second-order valence-corrected chi connectivity index (χ2v) is 5.94. The minimum Gasteiger partial charge on any atom is -0.383 e. The zero-order valence-electron chi connectivity index (χ0n) is 13.1. The van der Waals surface area contributed by atoms with E-state index in [1.54, 1.807) is 30.4 Å². The number of thiazole rings is 1. The number of aryl methyl sites for hydroxylation is 1. The van der Waals surface area contributed by atoms with Crippen molar-refractivity contribution in [2.24, 2.45) is 0 Å². The molecule has 0 unspecified atom stereocenters. The van der Waals surface area contributed by atoms with Crippen LogP contribution in [0.15, 0.2) is 29.6 Å². The first-order chi connectivity index (χ1) is 10.6. The summed E-state index contributed by atoms with van der Waals surface area (Å²) in [4.78, 5) is 18.0. The van der Waals surface area contributed by atoms with Gasteiger partial charge < -0.3 is 15.0 Å². The molecule has 1 aromatic heterocycles. The molecule has 5 nitrogen and oxygen atoms in total. The number of hydrogen-bond donors (Lipinski definition) is 1. The summed E-state index contributed by atoms with van der Waals surface area (Å²) in [5.41, 5.74) is 3.19. The molecule has 0 saturated carbocycles. The molecule has 0 aliphatic heterocycles. The summed E-state index contributed by atoms with van der Waals surface area (Å²) < 4.78 is 4.96. The number of amides is 2. The van der Waals surface area contributed by atoms with Crippen molar-refractivity contribution < 1.29 is 9.53 Å². The predicted octanol–water partition coefficient (Wildman–Crippen LogP) is 2.91. The molecule has 2 amide bonds. The predicted molar refractivity (Wildman–Crippen MR) is 89.0 cm³/mol. The van der Waals surface area contributed by atoms with Crippen molar-refractivity contribution in [2.75, 3.05) is 27.3 Å². The highest BCUT2D eigenvalue weighted by atomic mass is 32.1. The van der Waals surface area contributed by atoms with Gasteiger partial charge in [0.15, 0.2) is 0 Å². The third-order valence-electron chi connectivity index (χ3n) is 3.22. The number of benzene rings is 1. The number of carbonyl (C=O) groups excluding carboxylic acids is 1. The second-order valence-electron chi connectivity index (χ2n) is 5.09. The van der Waals surface area contributed by atoms with Crippen LogP contribution in [0.5, 0.6) is 0 Å². The Bertz CT molecular complexity index is 627. The van der Waals surface area contributed by atoms with Crippen molar-refractivity contribution in [3.63, 3.8) is 0 Å². The lowest BCUT2D eigenvalue weighted by molar-refractivity contribution is 0.159. The molecule has 22 heavy (non-hydrogen) atoms. The van der Waals surface area contributed by atoms with Gasteiger partial charge in [-0.15, -0.1) is 11.3 Å². The Kier molecular flexibility index (Phi) is 5.91. The third-order valence-corrected chi connectivity index (χ3v) is 4.16. The van der Waals surface area contributed by atoms with E-state index in [1.807, 2.05) is 17.5 Å². The Labute approximate surface area is 134 Å². The van der Waals surface area contributed by atoms with Crippen molar-refractivity contribution in [3.05, 3.63) is 40.9 Å². The molecular weight excluding hydrogens is 298 g/mol. The van der Waals surface area contributed by atoms with E-state index in [1.165, 1.54) is 5.56 Å². The van der Waals surface area contributed by atoms with Crippen LogP contribution in [0.25, 0.3) is 10.6 Å². The van der Waals surface area contributed by atoms with Crippen LogP contribution < -0.4 is 5.32 Å². The fourth-order valence-electron chi connectivity index (χ4n) is 1.93. The van der Waals surface area contributed by atoms with Crippen LogP contribution in [0.3, 0.4) is 0 Å². The van der Waals surface area contributed by atoms with Crippen LogP contribution >= 0.6 is 11.3 Å². The Morgan fingerprint density at radius 3 is 3.00 bits per heavy atom. The maximum absolute atomic E-state index is 11.9. The normalized spacial score (nSPS) is 10.5. The number of nitrogens with zero attached hydrogens (tertiary/aromatic N) is 2. The monoisotopic (exact) mass is 319 g/mol. The number of rotatable bonds is 6. The number of methoxy groups -OCH3 is 1. The van der Waals surface area contributed by atoms with Gasteiger partial charge in [-0.05, 0) is 13.0 Å². The fraction of sp³-hybridized carbons (Fsp3) is 0.375. The highest BCUT2D eigenvalue weighted by molar-refractivity contribution is 7.13. The standard InChI is InChI=1S/C16H21N3O2S/c1-12-5-4-6-13(9-12)15-18-14(11-22-15)10-17-16(20)19(2)7-8-21-3/h4-6,9,11H,7-8,10H2,1-3H3,(H,17,20). The molecule has 0 fully saturated rings. The lowest BCUT2D eigenvalue weighted by Gasteiger charge is -2.16. The molecule has 0 aliphatic rings. The van der Waals surface area contributed by atoms with Gasteiger partial charge in [-0.25, -0.2) is 9.78 Å². The minimum atomic E-state index is -0.123. The fourth-order valence-corrected chi connectivity index (χ4v) is 2.75. The van der Waals surface area contributed by atoms with Gasteiger partial charge in [0.1, 0.15) is 5.01 Å². The van der Waals surface area contributed by atoms with Crippen LogP contribution in [0, 0.1) is 6.92 Å². The lowest BCUT2D eigenvalue weighted by Crippen LogP contribution is -2.38. The van der Waals surface area contributed by atoms with Gasteiger partial charge in [0.2, 0.25) is 0 Å². The average molecular weight is 319 g/mol. The Morgan fingerprint density at radius 1 is 1.45 bits per heavy atom. The van der Waals surface area contributed by atoms with Crippen molar-refractivity contribution in [3.8, 4) is 10.6 Å². The maximum Gasteiger partial charge on any atom is 0.317 e. The first kappa shape index (κ1) is 16.5. The molecule has 0 saturated heterocycles. The molecule has 118 valence electrons. The van der Waals surface area contributed by atoms with Gasteiger partial charge in [-0.3, -0.25) is 0 Å². The Hall–Kier alpha value is -1.92. The van der Waals surface area contributed by atoms with E-state index in [0.29, 0.717) is 19.7 Å². The Balaban J connectivity index is 1.91. The zero-order chi connectivity index (χ0) is 15.9. The molecule has 0 spiro atoms. The molecular formula is C16H21N3O2S. The summed E-state index contributed by atoms with van der Waals surface area (Å²) >= 11 is 1.59. The van der Waals surface area contributed by atoms with Gasteiger partial charge >= 0.3 is 6.03 Å². The third kappa shape index (κ3) is 4.54. The van der Waals surface area contributed by atoms with Gasteiger partial charge in [0.25, 0.3) is 0 Å². The molecule has 0 atom stereocenters. The van der Waals surface area contributed by atoms with Gasteiger partial charge in [-0.2, -0.15) is 0 Å². The summed E-state index contributed by atoms with van der Waals surface area (Å²) in [7, 11) is 3.36. The van der Waals surface area contributed by atoms with Crippen molar-refractivity contribution in [1.82, 2.24) is 15.2 Å². The summed E-state index contributed by atoms with van der Waals surface area (Å²) in [6, 6.07) is 8.13. The average Bonchev–Trinajstić information content (AvgIpc) is 2.99. The van der Waals surface area contributed by atoms with Crippen LogP contribution in [-0.2, 0) is 11.3 Å². The number of aromatic nitrogens is 1. The number of urea groups is 1. The number of likely N-dealkylation sites (N-methyl/N-ethyl adjacent to an activating group) is 1. The first-order valence-corrected chi connectivity index (χ1v) is 7.97. The minimum absolute atomic E-state index is 0.123. The molecule has 0 bridgehead atoms. The van der Waals surface area contributed by atoms with E-state index in [2.05, 4.69) is 29.4 Å². The zero-order valence-corrected chi connectivity index (χ0v) is 13.9. The number of nitrogens with one attached hydrogen (secondary N) is 1. The number of hydrogen-bond acceptors (Lipinski definition) is 4. The molecule has 0 radical (unpaired) electrons. The topological polar surface area (TPSA) is 54.5 Å². The van der Waals surface area contributed by atoms with E-state index in [9.17, 15) is 4.79 Å². The Morgan fingerprint density at radius 2 is 2.27 bits per heavy atom. The molecule has 0 aliphatic carbocycles. The largest absolute Gasteiger partial charge is 0.383 e. The quantitative estimate of drug-likeness (QED) is 0.891. The van der Waals surface area contributed by atoms with Crippen molar-refractivity contribution >= 4 is 17.4 Å². The van der Waals surface area contributed by atoms with E-state index >= 15 is 0 Å². The maximum atomic E-state index is 11.9. The van der Waals surface area contributed by atoms with Crippen molar-refractivity contribution in [2.45, 2.75) is 13.5 Å². The summed E-state index contributed by atoms with van der Waals surface area (Å²) in [5.74, 6) is 0. The highest BCUT2D eigenvalue weighted by Crippen LogP contribution is 2.24. The summed E-state index contributed by atoms with van der Waals surface area (Å²) in [6.07, 6.45) is 0. The summed E-state index contributed by atoms with van der Waals surface area (Å²) in [5, 5.41) is 5.81. The molecule has 1 N–H and O–H groups in total. The van der Waals surface area contributed by atoms with Crippen molar-refractivity contribution in [1.29, 1.82) is 0 Å². The molecule has 1 heterocycles. The first-order valence-electron chi connectivity index (χ1n) is 7.09. The second kappa shape index (κ2) is 7.91. The van der Waals surface area contributed by atoms with Gasteiger partial charge in [0.05, 0.1) is 18.8 Å². The van der Waals surface area contributed by atoms with Crippen LogP contribution in [0.2, 0.25) is 0 Å². The summed E-state index contributed by atoms with van der Waals surface area (Å²) in [6.45, 7) is 3.58. The number of ether oxygens (including phenoxy) is 1. The van der Waals surface area contributed by atoms with E-state index in [-0.39, 0.29) is 6.03 Å². The smallest absolute Gasteiger partial charge is 0.317 e. The van der Waals surface area contributed by atoms with Crippen LogP contribution in [0.4, 0.5) is 4.79 Å². The van der Waals surface area contributed by atoms with Gasteiger partial charge in [0, 0.05) is 31.6 Å². The van der Waals surface area contributed by atoms with Gasteiger partial charge in [-0.1, -0.05) is 23.8 Å². The SMILES string of the molecule is COCCN(C)C(=O)NCc1csc(-c2cccc(C)c2)n1. The number of carbonyl (C=O) groups is 1. The van der Waals surface area contributed by atoms with E-state index < -0.39 is 0 Å².